The minimum Gasteiger partial charge on any atom is -0.465 e. The molecule has 0 atom stereocenters. The number of pyridine rings is 1. The molecule has 0 N–H and O–H groups in total. The van der Waals surface area contributed by atoms with Crippen molar-refractivity contribution >= 4 is 23.3 Å². The average molecular weight is 413 g/mol. The molecule has 0 bridgehead atoms. The molecule has 2 rings (SSSR count). The van der Waals surface area contributed by atoms with Crippen molar-refractivity contribution in [3.05, 3.63) is 72.1 Å². The first-order chi connectivity index (χ1) is 14.1. The molecule has 30 heavy (non-hydrogen) atoms. The Bertz CT molecular complexity index is 1070. The van der Waals surface area contributed by atoms with Crippen LogP contribution in [0.4, 0.5) is 11.4 Å². The van der Waals surface area contributed by atoms with E-state index in [0.717, 1.165) is 32.4 Å². The number of nitrogens with zero attached hydrogens (tertiary/aromatic N) is 3. The molecule has 0 amide bonds. The molecule has 0 fully saturated rings. The number of methoxy groups -OCH3 is 2. The van der Waals surface area contributed by atoms with Gasteiger partial charge in [0.1, 0.15) is 0 Å². The summed E-state index contributed by atoms with van der Waals surface area (Å²) in [5.41, 5.74) is -0.883. The summed E-state index contributed by atoms with van der Waals surface area (Å²) in [6.07, 6.45) is 0. The molecular formula is C19H15N3O8. The minimum absolute atomic E-state index is 0.0605. The Morgan fingerprint density at radius 2 is 1.30 bits per heavy atom. The van der Waals surface area contributed by atoms with Crippen molar-refractivity contribution in [1.82, 2.24) is 4.98 Å². The molecule has 0 saturated heterocycles. The van der Waals surface area contributed by atoms with Crippen LogP contribution in [0.15, 0.2) is 18.2 Å². The van der Waals surface area contributed by atoms with Crippen LogP contribution in [0, 0.1) is 45.9 Å². The molecule has 1 aromatic carbocycles. The fourth-order valence-electron chi connectivity index (χ4n) is 2.69. The van der Waals surface area contributed by atoms with E-state index in [1.54, 1.807) is 0 Å². The molecule has 0 unspecified atom stereocenters. The zero-order valence-corrected chi connectivity index (χ0v) is 16.3. The van der Waals surface area contributed by atoms with Crippen LogP contribution in [-0.4, -0.2) is 41.0 Å². The molecule has 1 heterocycles. The number of nitro benzene ring substituents is 2. The van der Waals surface area contributed by atoms with Gasteiger partial charge in [-0.2, -0.15) is 0 Å². The molecule has 2 aromatic rings. The standard InChI is InChI=1S/C19H15N3O8/c1-10-16(18(23)29-3)15(17(11(2)20-10)19(24)30-4)6-5-12-7-13(21(25)26)9-14(8-12)22(27)28/h7-9H,1-4H3. The summed E-state index contributed by atoms with van der Waals surface area (Å²) in [5, 5.41) is 22.1. The predicted molar refractivity (Wildman–Crippen MR) is 102 cm³/mol. The van der Waals surface area contributed by atoms with Crippen molar-refractivity contribution in [3.63, 3.8) is 0 Å². The van der Waals surface area contributed by atoms with Gasteiger partial charge < -0.3 is 9.47 Å². The maximum absolute atomic E-state index is 12.3. The van der Waals surface area contributed by atoms with Crippen LogP contribution in [0.2, 0.25) is 0 Å². The molecule has 0 saturated carbocycles. The molecule has 0 aliphatic rings. The number of hydrogen-bond acceptors (Lipinski definition) is 9. The average Bonchev–Trinajstić information content (AvgIpc) is 2.70. The van der Waals surface area contributed by atoms with E-state index in [1.165, 1.54) is 13.8 Å². The number of hydrogen-bond donors (Lipinski definition) is 0. The van der Waals surface area contributed by atoms with E-state index in [4.69, 9.17) is 9.47 Å². The van der Waals surface area contributed by atoms with Crippen molar-refractivity contribution < 1.29 is 28.9 Å². The van der Waals surface area contributed by atoms with Gasteiger partial charge in [0.15, 0.2) is 0 Å². The van der Waals surface area contributed by atoms with Gasteiger partial charge >= 0.3 is 11.9 Å². The molecule has 0 aliphatic carbocycles. The van der Waals surface area contributed by atoms with Gasteiger partial charge in [-0.25, -0.2) is 9.59 Å². The van der Waals surface area contributed by atoms with Gasteiger partial charge in [0.25, 0.3) is 11.4 Å². The van der Waals surface area contributed by atoms with Crippen molar-refractivity contribution in [2.75, 3.05) is 14.2 Å². The summed E-state index contributed by atoms with van der Waals surface area (Å²) in [6.45, 7) is 3.04. The Hall–Kier alpha value is -4.33. The van der Waals surface area contributed by atoms with Crippen molar-refractivity contribution in [2.24, 2.45) is 0 Å². The summed E-state index contributed by atoms with van der Waals surface area (Å²) >= 11 is 0. The Kier molecular flexibility index (Phi) is 6.43. The van der Waals surface area contributed by atoms with E-state index in [0.29, 0.717) is 0 Å². The summed E-state index contributed by atoms with van der Waals surface area (Å²) < 4.78 is 9.48. The van der Waals surface area contributed by atoms with Gasteiger partial charge in [-0.3, -0.25) is 25.2 Å². The number of esters is 2. The largest absolute Gasteiger partial charge is 0.465 e. The second kappa shape index (κ2) is 8.78. The van der Waals surface area contributed by atoms with Gasteiger partial charge in [0.05, 0.1) is 58.2 Å². The molecule has 11 nitrogen and oxygen atoms in total. The molecule has 11 heteroatoms. The third-order valence-electron chi connectivity index (χ3n) is 3.99. The van der Waals surface area contributed by atoms with Gasteiger partial charge in [0, 0.05) is 17.7 Å². The van der Waals surface area contributed by atoms with Gasteiger partial charge in [-0.05, 0) is 13.8 Å². The molecule has 0 spiro atoms. The van der Waals surface area contributed by atoms with E-state index >= 15 is 0 Å². The van der Waals surface area contributed by atoms with Gasteiger partial charge in [-0.1, -0.05) is 11.8 Å². The smallest absolute Gasteiger partial charge is 0.341 e. The summed E-state index contributed by atoms with van der Waals surface area (Å²) in [5.74, 6) is 3.54. The fourth-order valence-corrected chi connectivity index (χ4v) is 2.69. The van der Waals surface area contributed by atoms with Crippen LogP contribution in [0.3, 0.4) is 0 Å². The first-order valence-corrected chi connectivity index (χ1v) is 8.24. The number of rotatable bonds is 4. The highest BCUT2D eigenvalue weighted by molar-refractivity contribution is 6.01. The highest BCUT2D eigenvalue weighted by Crippen LogP contribution is 2.24. The van der Waals surface area contributed by atoms with Crippen LogP contribution in [0.1, 0.15) is 43.2 Å². The highest BCUT2D eigenvalue weighted by atomic mass is 16.6. The molecular weight excluding hydrogens is 398 g/mol. The van der Waals surface area contributed by atoms with Crippen LogP contribution in [0.25, 0.3) is 0 Å². The lowest BCUT2D eigenvalue weighted by molar-refractivity contribution is -0.394. The molecule has 0 aliphatic heterocycles. The fraction of sp³-hybridized carbons (Fsp3) is 0.211. The quantitative estimate of drug-likeness (QED) is 0.318. The Balaban J connectivity index is 2.83. The van der Waals surface area contributed by atoms with E-state index in [2.05, 4.69) is 16.8 Å². The first-order valence-electron chi connectivity index (χ1n) is 8.24. The summed E-state index contributed by atoms with van der Waals surface area (Å²) in [7, 11) is 2.28. The van der Waals surface area contributed by atoms with Crippen molar-refractivity contribution in [3.8, 4) is 11.8 Å². The number of nitro groups is 2. The van der Waals surface area contributed by atoms with Crippen molar-refractivity contribution in [1.29, 1.82) is 0 Å². The summed E-state index contributed by atoms with van der Waals surface area (Å²) in [4.78, 5) is 49.2. The summed E-state index contributed by atoms with van der Waals surface area (Å²) in [6, 6.07) is 2.87. The predicted octanol–water partition coefficient (Wildman–Crippen LogP) is 2.49. The lowest BCUT2D eigenvalue weighted by Gasteiger charge is -2.12. The Labute approximate surface area is 169 Å². The Morgan fingerprint density at radius 3 is 1.67 bits per heavy atom. The van der Waals surface area contributed by atoms with Crippen LogP contribution >= 0.6 is 0 Å². The van der Waals surface area contributed by atoms with E-state index in [-0.39, 0.29) is 33.6 Å². The number of carbonyl (C=O) groups excluding carboxylic acids is 2. The van der Waals surface area contributed by atoms with E-state index in [1.807, 2.05) is 0 Å². The molecule has 1 aromatic heterocycles. The van der Waals surface area contributed by atoms with E-state index < -0.39 is 33.2 Å². The van der Waals surface area contributed by atoms with Crippen molar-refractivity contribution in [2.45, 2.75) is 13.8 Å². The number of aromatic nitrogens is 1. The number of aryl methyl sites for hydroxylation is 2. The maximum Gasteiger partial charge on any atom is 0.341 e. The Morgan fingerprint density at radius 1 is 0.867 bits per heavy atom. The number of carbonyl (C=O) groups is 2. The number of benzene rings is 1. The monoisotopic (exact) mass is 413 g/mol. The first kappa shape index (κ1) is 22.0. The van der Waals surface area contributed by atoms with Crippen LogP contribution < -0.4 is 0 Å². The topological polar surface area (TPSA) is 152 Å². The van der Waals surface area contributed by atoms with Gasteiger partial charge in [-0.15, -0.1) is 0 Å². The van der Waals surface area contributed by atoms with Gasteiger partial charge in [0.2, 0.25) is 0 Å². The molecule has 0 radical (unpaired) electrons. The highest BCUT2D eigenvalue weighted by Gasteiger charge is 2.25. The normalized spacial score (nSPS) is 9.87. The number of non-ortho nitro benzene ring substituents is 2. The third-order valence-corrected chi connectivity index (χ3v) is 3.99. The lowest BCUT2D eigenvalue weighted by atomic mass is 9.98. The van der Waals surface area contributed by atoms with E-state index in [9.17, 15) is 29.8 Å². The second-order valence-corrected chi connectivity index (χ2v) is 5.89. The minimum atomic E-state index is -0.806. The lowest BCUT2D eigenvalue weighted by Crippen LogP contribution is -2.16. The second-order valence-electron chi connectivity index (χ2n) is 5.89. The van der Waals surface area contributed by atoms with Crippen LogP contribution in [0.5, 0.6) is 0 Å². The number of ether oxygens (including phenoxy) is 2. The maximum atomic E-state index is 12.3. The molecule has 154 valence electrons. The SMILES string of the molecule is COC(=O)c1c(C)nc(C)c(C(=O)OC)c1C#Cc1cc([N+](=O)[O-])cc([N+](=O)[O-])c1. The van der Waals surface area contributed by atoms with Crippen LogP contribution in [-0.2, 0) is 9.47 Å². The zero-order valence-electron chi connectivity index (χ0n) is 16.3. The third kappa shape index (κ3) is 4.39. The zero-order chi connectivity index (χ0) is 22.6.